The second-order valence-electron chi connectivity index (χ2n) is 6.46. The number of aromatic amines is 1. The number of aromatic nitrogens is 2. The normalized spacial score (nSPS) is 10.8. The lowest BCUT2D eigenvalue weighted by molar-refractivity contribution is 0.102. The molecule has 0 radical (unpaired) electrons. The SMILES string of the molecule is O=C(Nc1ccc(Cl)cc1)c1cncc(NCCc2c[nH]c3ccccc23)c1. The lowest BCUT2D eigenvalue weighted by atomic mass is 10.1. The smallest absolute Gasteiger partial charge is 0.257 e. The van der Waals surface area contributed by atoms with Gasteiger partial charge in [-0.2, -0.15) is 0 Å². The van der Waals surface area contributed by atoms with Gasteiger partial charge in [-0.15, -0.1) is 0 Å². The minimum atomic E-state index is -0.213. The lowest BCUT2D eigenvalue weighted by Gasteiger charge is -2.09. The molecule has 2 aromatic heterocycles. The molecule has 1 amide bonds. The van der Waals surface area contributed by atoms with Gasteiger partial charge >= 0.3 is 0 Å². The van der Waals surface area contributed by atoms with Crippen LogP contribution in [0.5, 0.6) is 0 Å². The minimum absolute atomic E-state index is 0.213. The maximum absolute atomic E-state index is 12.4. The highest BCUT2D eigenvalue weighted by Crippen LogP contribution is 2.19. The molecular formula is C22H19ClN4O. The maximum atomic E-state index is 12.4. The van der Waals surface area contributed by atoms with Gasteiger partial charge in [0, 0.05) is 46.7 Å². The van der Waals surface area contributed by atoms with Gasteiger partial charge in [0.1, 0.15) is 0 Å². The number of benzene rings is 2. The molecule has 4 aromatic rings. The van der Waals surface area contributed by atoms with Crippen molar-refractivity contribution in [1.29, 1.82) is 0 Å². The molecule has 0 saturated heterocycles. The Morgan fingerprint density at radius 1 is 1.04 bits per heavy atom. The number of fused-ring (bicyclic) bond motifs is 1. The summed E-state index contributed by atoms with van der Waals surface area (Å²) < 4.78 is 0. The number of anilines is 2. The number of carbonyl (C=O) groups excluding carboxylic acids is 1. The standard InChI is InChI=1S/C22H19ClN4O/c23-17-5-7-18(8-6-17)27-22(28)16-11-19(14-24-12-16)25-10-9-15-13-26-21-4-2-1-3-20(15)21/h1-8,11-14,25-26H,9-10H2,(H,27,28). The van der Waals surface area contributed by atoms with E-state index in [9.17, 15) is 4.79 Å². The highest BCUT2D eigenvalue weighted by atomic mass is 35.5. The number of pyridine rings is 1. The highest BCUT2D eigenvalue weighted by molar-refractivity contribution is 6.30. The first-order valence-electron chi connectivity index (χ1n) is 9.00. The number of nitrogens with zero attached hydrogens (tertiary/aromatic N) is 1. The predicted molar refractivity (Wildman–Crippen MR) is 114 cm³/mol. The zero-order chi connectivity index (χ0) is 19.3. The predicted octanol–water partition coefficient (Wildman–Crippen LogP) is 5.12. The van der Waals surface area contributed by atoms with Gasteiger partial charge in [-0.05, 0) is 48.4 Å². The Bertz CT molecular complexity index is 1100. The van der Waals surface area contributed by atoms with Crippen molar-refractivity contribution in [3.8, 4) is 0 Å². The molecule has 28 heavy (non-hydrogen) atoms. The third-order valence-corrected chi connectivity index (χ3v) is 4.75. The summed E-state index contributed by atoms with van der Waals surface area (Å²) in [5.74, 6) is -0.213. The number of halogens is 1. The summed E-state index contributed by atoms with van der Waals surface area (Å²) in [6.45, 7) is 0.742. The largest absolute Gasteiger partial charge is 0.383 e. The summed E-state index contributed by atoms with van der Waals surface area (Å²) >= 11 is 5.87. The average molecular weight is 391 g/mol. The highest BCUT2D eigenvalue weighted by Gasteiger charge is 2.08. The van der Waals surface area contributed by atoms with Crippen LogP contribution in [0, 0.1) is 0 Å². The van der Waals surface area contributed by atoms with E-state index in [1.165, 1.54) is 10.9 Å². The van der Waals surface area contributed by atoms with Crippen molar-refractivity contribution in [2.75, 3.05) is 17.2 Å². The molecule has 3 N–H and O–H groups in total. The lowest BCUT2D eigenvalue weighted by Crippen LogP contribution is -2.13. The first-order valence-corrected chi connectivity index (χ1v) is 9.38. The Morgan fingerprint density at radius 2 is 1.86 bits per heavy atom. The number of amides is 1. The van der Waals surface area contributed by atoms with E-state index in [1.54, 1.807) is 42.7 Å². The van der Waals surface area contributed by atoms with Crippen LogP contribution in [0.2, 0.25) is 5.02 Å². The number of para-hydroxylation sites is 1. The van der Waals surface area contributed by atoms with Crippen LogP contribution in [-0.2, 0) is 6.42 Å². The monoisotopic (exact) mass is 390 g/mol. The molecule has 2 heterocycles. The minimum Gasteiger partial charge on any atom is -0.383 e. The summed E-state index contributed by atoms with van der Waals surface area (Å²) in [5.41, 5.74) is 4.38. The van der Waals surface area contributed by atoms with Crippen molar-refractivity contribution < 1.29 is 4.79 Å². The van der Waals surface area contributed by atoms with Gasteiger partial charge in [-0.3, -0.25) is 9.78 Å². The number of H-pyrrole nitrogens is 1. The number of rotatable bonds is 6. The molecule has 6 heteroatoms. The van der Waals surface area contributed by atoms with Gasteiger partial charge in [-0.25, -0.2) is 0 Å². The van der Waals surface area contributed by atoms with Crippen LogP contribution in [-0.4, -0.2) is 22.4 Å². The van der Waals surface area contributed by atoms with E-state index in [4.69, 9.17) is 11.6 Å². The first kappa shape index (κ1) is 18.1. The summed E-state index contributed by atoms with van der Waals surface area (Å²) in [6.07, 6.45) is 6.18. The van der Waals surface area contributed by atoms with Gasteiger partial charge in [0.05, 0.1) is 11.3 Å². The third kappa shape index (κ3) is 4.15. The molecule has 0 bridgehead atoms. The van der Waals surface area contributed by atoms with Crippen LogP contribution in [0.4, 0.5) is 11.4 Å². The van der Waals surface area contributed by atoms with Crippen LogP contribution in [0.3, 0.4) is 0 Å². The van der Waals surface area contributed by atoms with E-state index >= 15 is 0 Å². The molecule has 0 unspecified atom stereocenters. The number of carbonyl (C=O) groups is 1. The Kier molecular flexibility index (Phi) is 5.26. The molecule has 0 atom stereocenters. The fourth-order valence-corrected chi connectivity index (χ4v) is 3.20. The summed E-state index contributed by atoms with van der Waals surface area (Å²) in [7, 11) is 0. The quantitative estimate of drug-likeness (QED) is 0.427. The molecule has 2 aromatic carbocycles. The van der Waals surface area contributed by atoms with E-state index in [0.29, 0.717) is 16.3 Å². The van der Waals surface area contributed by atoms with Crippen molar-refractivity contribution in [2.24, 2.45) is 0 Å². The summed E-state index contributed by atoms with van der Waals surface area (Å²) in [6, 6.07) is 17.0. The Balaban J connectivity index is 1.38. The first-order chi connectivity index (χ1) is 13.7. The van der Waals surface area contributed by atoms with E-state index < -0.39 is 0 Å². The van der Waals surface area contributed by atoms with Gasteiger partial charge in [-0.1, -0.05) is 29.8 Å². The zero-order valence-corrected chi connectivity index (χ0v) is 15.8. The molecule has 0 aliphatic carbocycles. The molecule has 0 aliphatic heterocycles. The van der Waals surface area contributed by atoms with Crippen molar-refractivity contribution in [3.05, 3.63) is 89.3 Å². The fraction of sp³-hybridized carbons (Fsp3) is 0.0909. The van der Waals surface area contributed by atoms with Crippen LogP contribution < -0.4 is 10.6 Å². The number of nitrogens with one attached hydrogen (secondary N) is 3. The fourth-order valence-electron chi connectivity index (χ4n) is 3.08. The second-order valence-corrected chi connectivity index (χ2v) is 6.90. The van der Waals surface area contributed by atoms with E-state index in [2.05, 4.69) is 32.7 Å². The van der Waals surface area contributed by atoms with E-state index in [0.717, 1.165) is 24.2 Å². The van der Waals surface area contributed by atoms with Crippen molar-refractivity contribution >= 4 is 39.8 Å². The molecular weight excluding hydrogens is 372 g/mol. The van der Waals surface area contributed by atoms with Crippen molar-refractivity contribution in [2.45, 2.75) is 6.42 Å². The number of hydrogen-bond donors (Lipinski definition) is 3. The molecule has 0 aliphatic rings. The molecule has 0 saturated carbocycles. The molecule has 5 nitrogen and oxygen atoms in total. The van der Waals surface area contributed by atoms with Crippen LogP contribution in [0.25, 0.3) is 10.9 Å². The van der Waals surface area contributed by atoms with Gasteiger partial charge < -0.3 is 15.6 Å². The molecule has 0 spiro atoms. The average Bonchev–Trinajstić information content (AvgIpc) is 3.13. The van der Waals surface area contributed by atoms with Gasteiger partial charge in [0.2, 0.25) is 0 Å². The Hall–Kier alpha value is -3.31. The molecule has 0 fully saturated rings. The topological polar surface area (TPSA) is 69.8 Å². The van der Waals surface area contributed by atoms with E-state index in [-0.39, 0.29) is 5.91 Å². The van der Waals surface area contributed by atoms with Crippen LogP contribution in [0.15, 0.2) is 73.2 Å². The molecule has 140 valence electrons. The van der Waals surface area contributed by atoms with Crippen molar-refractivity contribution in [1.82, 2.24) is 9.97 Å². The van der Waals surface area contributed by atoms with Crippen molar-refractivity contribution in [3.63, 3.8) is 0 Å². The Labute approximate surface area is 167 Å². The number of hydrogen-bond acceptors (Lipinski definition) is 3. The molecule has 4 rings (SSSR count). The summed E-state index contributed by atoms with van der Waals surface area (Å²) in [4.78, 5) is 19.9. The Morgan fingerprint density at radius 3 is 2.71 bits per heavy atom. The van der Waals surface area contributed by atoms with Gasteiger partial charge in [0.15, 0.2) is 0 Å². The summed E-state index contributed by atoms with van der Waals surface area (Å²) in [5, 5.41) is 8.04. The van der Waals surface area contributed by atoms with E-state index in [1.807, 2.05) is 18.3 Å². The van der Waals surface area contributed by atoms with Gasteiger partial charge in [0.25, 0.3) is 5.91 Å². The zero-order valence-electron chi connectivity index (χ0n) is 15.1. The maximum Gasteiger partial charge on any atom is 0.257 e. The van der Waals surface area contributed by atoms with Crippen LogP contribution in [0.1, 0.15) is 15.9 Å². The second kappa shape index (κ2) is 8.15. The third-order valence-electron chi connectivity index (χ3n) is 4.50. The van der Waals surface area contributed by atoms with Crippen LogP contribution >= 0.6 is 11.6 Å².